The maximum absolute atomic E-state index is 7.31. The SMILES string of the molecule is N=C(OCc1ccc(Cl)c(Cl)c1)C(Cl)(Cl)Cl. The molecule has 0 saturated carbocycles. The van der Waals surface area contributed by atoms with Crippen molar-refractivity contribution in [2.24, 2.45) is 0 Å². The van der Waals surface area contributed by atoms with Crippen molar-refractivity contribution >= 4 is 63.9 Å². The van der Waals surface area contributed by atoms with Crippen LogP contribution in [0.15, 0.2) is 18.2 Å². The fourth-order valence-electron chi connectivity index (χ4n) is 0.867. The van der Waals surface area contributed by atoms with Crippen LogP contribution in [0.1, 0.15) is 5.56 Å². The van der Waals surface area contributed by atoms with Crippen LogP contribution in [0.3, 0.4) is 0 Å². The van der Waals surface area contributed by atoms with Crippen molar-refractivity contribution in [3.8, 4) is 0 Å². The highest BCUT2D eigenvalue weighted by Gasteiger charge is 2.28. The third-order valence-corrected chi connectivity index (χ3v) is 2.88. The Morgan fingerprint density at radius 3 is 2.31 bits per heavy atom. The van der Waals surface area contributed by atoms with E-state index < -0.39 is 9.69 Å². The highest BCUT2D eigenvalue weighted by atomic mass is 35.6. The fraction of sp³-hybridized carbons (Fsp3) is 0.222. The smallest absolute Gasteiger partial charge is 0.265 e. The molecule has 1 aromatic carbocycles. The fourth-order valence-corrected chi connectivity index (χ4v) is 1.35. The van der Waals surface area contributed by atoms with Gasteiger partial charge in [-0.1, -0.05) is 64.1 Å². The molecule has 0 aromatic heterocycles. The Morgan fingerprint density at radius 1 is 1.19 bits per heavy atom. The predicted octanol–water partition coefficient (Wildman–Crippen LogP) is 4.86. The third-order valence-electron chi connectivity index (χ3n) is 1.62. The van der Waals surface area contributed by atoms with Crippen LogP contribution in [-0.4, -0.2) is 9.69 Å². The first kappa shape index (κ1) is 14.2. The van der Waals surface area contributed by atoms with Crippen LogP contribution in [0.25, 0.3) is 0 Å². The van der Waals surface area contributed by atoms with E-state index in [0.29, 0.717) is 10.0 Å². The summed E-state index contributed by atoms with van der Waals surface area (Å²) in [5, 5.41) is 8.16. The first-order valence-corrected chi connectivity index (χ1v) is 5.92. The van der Waals surface area contributed by atoms with Crippen LogP contribution in [-0.2, 0) is 11.3 Å². The monoisotopic (exact) mass is 319 g/mol. The number of benzene rings is 1. The lowest BCUT2D eigenvalue weighted by molar-refractivity contribution is 0.284. The highest BCUT2D eigenvalue weighted by Crippen LogP contribution is 2.28. The molecule has 0 atom stereocenters. The number of ether oxygens (including phenoxy) is 1. The van der Waals surface area contributed by atoms with Crippen LogP contribution in [0.4, 0.5) is 0 Å². The minimum atomic E-state index is -1.85. The third kappa shape index (κ3) is 4.19. The van der Waals surface area contributed by atoms with E-state index in [1.54, 1.807) is 18.2 Å². The quantitative estimate of drug-likeness (QED) is 0.471. The van der Waals surface area contributed by atoms with Gasteiger partial charge in [-0.2, -0.15) is 0 Å². The van der Waals surface area contributed by atoms with E-state index in [1.165, 1.54) is 0 Å². The zero-order chi connectivity index (χ0) is 12.3. The summed E-state index contributed by atoms with van der Waals surface area (Å²) in [5.41, 5.74) is 0.730. The average molecular weight is 321 g/mol. The van der Waals surface area contributed by atoms with Gasteiger partial charge in [-0.15, -0.1) is 0 Å². The molecule has 0 fully saturated rings. The van der Waals surface area contributed by atoms with Crippen molar-refractivity contribution in [3.63, 3.8) is 0 Å². The van der Waals surface area contributed by atoms with Gasteiger partial charge in [0.2, 0.25) is 5.90 Å². The molecule has 0 saturated heterocycles. The summed E-state index contributed by atoms with van der Waals surface area (Å²) < 4.78 is 3.12. The summed E-state index contributed by atoms with van der Waals surface area (Å²) >= 11 is 27.9. The Morgan fingerprint density at radius 2 is 1.81 bits per heavy atom. The van der Waals surface area contributed by atoms with Crippen LogP contribution in [0.2, 0.25) is 10.0 Å². The number of nitrogens with one attached hydrogen (secondary N) is 1. The zero-order valence-corrected chi connectivity index (χ0v) is 11.5. The van der Waals surface area contributed by atoms with Crippen LogP contribution in [0, 0.1) is 5.41 Å². The molecular weight excluding hydrogens is 315 g/mol. The van der Waals surface area contributed by atoms with Gasteiger partial charge in [0.05, 0.1) is 10.0 Å². The van der Waals surface area contributed by atoms with Crippen LogP contribution in [0.5, 0.6) is 0 Å². The predicted molar refractivity (Wildman–Crippen MR) is 69.3 cm³/mol. The van der Waals surface area contributed by atoms with E-state index >= 15 is 0 Å². The largest absolute Gasteiger partial charge is 0.473 e. The second-order valence-corrected chi connectivity index (χ2v) is 5.96. The van der Waals surface area contributed by atoms with E-state index in [0.717, 1.165) is 5.56 Å². The van der Waals surface area contributed by atoms with E-state index in [2.05, 4.69) is 0 Å². The molecule has 0 spiro atoms. The van der Waals surface area contributed by atoms with Gasteiger partial charge in [-0.25, -0.2) is 0 Å². The summed E-state index contributed by atoms with van der Waals surface area (Å²) in [6, 6.07) is 4.96. The van der Waals surface area contributed by atoms with Crippen molar-refractivity contribution in [1.82, 2.24) is 0 Å². The molecule has 0 amide bonds. The van der Waals surface area contributed by atoms with Gasteiger partial charge in [0.15, 0.2) is 0 Å². The highest BCUT2D eigenvalue weighted by molar-refractivity contribution is 6.76. The van der Waals surface area contributed by atoms with E-state index in [4.69, 9.17) is 68.2 Å². The molecule has 88 valence electrons. The maximum Gasteiger partial charge on any atom is 0.265 e. The summed E-state index contributed by atoms with van der Waals surface area (Å²) in [6.07, 6.45) is 0. The lowest BCUT2D eigenvalue weighted by atomic mass is 10.2. The Hall–Kier alpha value is 0.140. The van der Waals surface area contributed by atoms with E-state index in [9.17, 15) is 0 Å². The van der Waals surface area contributed by atoms with Gasteiger partial charge < -0.3 is 4.74 Å². The Bertz CT molecular complexity index is 401. The normalized spacial score (nSPS) is 11.3. The summed E-state index contributed by atoms with van der Waals surface area (Å²) in [6.45, 7) is 0.0869. The van der Waals surface area contributed by atoms with Crippen LogP contribution >= 0.6 is 58.0 Å². The van der Waals surface area contributed by atoms with E-state index in [1.807, 2.05) is 0 Å². The summed E-state index contributed by atoms with van der Waals surface area (Å²) in [5.74, 6) is -0.441. The zero-order valence-electron chi connectivity index (χ0n) is 7.74. The molecule has 2 nitrogen and oxygen atoms in total. The molecule has 1 aromatic rings. The molecule has 16 heavy (non-hydrogen) atoms. The minimum absolute atomic E-state index is 0.0869. The molecule has 7 heteroatoms. The summed E-state index contributed by atoms with van der Waals surface area (Å²) in [4.78, 5) is 0. The molecule has 0 aliphatic heterocycles. The number of rotatable bonds is 2. The van der Waals surface area contributed by atoms with E-state index in [-0.39, 0.29) is 6.61 Å². The van der Waals surface area contributed by atoms with Crippen molar-refractivity contribution in [2.45, 2.75) is 10.4 Å². The average Bonchev–Trinajstić information content (AvgIpc) is 2.18. The first-order valence-electron chi connectivity index (χ1n) is 4.03. The lowest BCUT2D eigenvalue weighted by Gasteiger charge is -2.13. The molecule has 0 bridgehead atoms. The number of alkyl halides is 3. The Labute approximate surface area is 118 Å². The first-order chi connectivity index (χ1) is 7.30. The van der Waals surface area contributed by atoms with Crippen molar-refractivity contribution in [1.29, 1.82) is 5.41 Å². The van der Waals surface area contributed by atoms with Crippen molar-refractivity contribution < 1.29 is 4.74 Å². The molecule has 1 N–H and O–H groups in total. The second kappa shape index (κ2) is 5.65. The Balaban J connectivity index is 2.62. The van der Waals surface area contributed by atoms with Gasteiger partial charge >= 0.3 is 0 Å². The lowest BCUT2D eigenvalue weighted by Crippen LogP contribution is -2.20. The molecule has 0 aliphatic carbocycles. The molecule has 0 unspecified atom stereocenters. The summed E-state index contributed by atoms with van der Waals surface area (Å²) in [7, 11) is 0. The molecular formula is C9H6Cl5NO. The molecule has 1 rings (SSSR count). The van der Waals surface area contributed by atoms with Crippen LogP contribution < -0.4 is 0 Å². The molecule has 0 radical (unpaired) electrons. The van der Waals surface area contributed by atoms with Gasteiger partial charge in [-0.3, -0.25) is 5.41 Å². The van der Waals surface area contributed by atoms with Gasteiger partial charge in [0, 0.05) is 0 Å². The minimum Gasteiger partial charge on any atom is -0.473 e. The van der Waals surface area contributed by atoms with Gasteiger partial charge in [0.1, 0.15) is 6.61 Å². The Kier molecular flexibility index (Phi) is 5.02. The molecule has 0 aliphatic rings. The van der Waals surface area contributed by atoms with Crippen molar-refractivity contribution in [3.05, 3.63) is 33.8 Å². The second-order valence-electron chi connectivity index (χ2n) is 2.86. The van der Waals surface area contributed by atoms with Crippen molar-refractivity contribution in [2.75, 3.05) is 0 Å². The number of hydrogen-bond acceptors (Lipinski definition) is 2. The number of halogens is 5. The van der Waals surface area contributed by atoms with Gasteiger partial charge in [-0.05, 0) is 17.7 Å². The molecule has 0 heterocycles. The maximum atomic E-state index is 7.31. The number of hydrogen-bond donors (Lipinski definition) is 1. The van der Waals surface area contributed by atoms with Gasteiger partial charge in [0.25, 0.3) is 3.79 Å². The topological polar surface area (TPSA) is 33.1 Å². The standard InChI is InChI=1S/C9H6Cl5NO/c10-6-2-1-5(3-7(6)11)4-16-8(15)9(12,13)14/h1-3,15H,4H2.